The van der Waals surface area contributed by atoms with Crippen LogP contribution in [-0.4, -0.2) is 24.6 Å². The third-order valence-corrected chi connectivity index (χ3v) is 2.37. The fourth-order valence-corrected chi connectivity index (χ4v) is 1.42. The molecule has 0 saturated heterocycles. The maximum atomic E-state index is 12.7. The lowest BCUT2D eigenvalue weighted by Gasteiger charge is -2.10. The molecule has 17 heavy (non-hydrogen) atoms. The predicted octanol–water partition coefficient (Wildman–Crippen LogP) is 2.05. The lowest BCUT2D eigenvalue weighted by molar-refractivity contribution is -0.286. The monoisotopic (exact) mass is 245 g/mol. The number of aliphatic hydroxyl groups is 1. The van der Waals surface area contributed by atoms with E-state index in [0.29, 0.717) is 12.2 Å². The minimum Gasteiger partial charge on any atom is -0.396 e. The molecule has 2 N–H and O–H groups in total. The number of hydrogen-bond acceptors (Lipinski definition) is 4. The van der Waals surface area contributed by atoms with Gasteiger partial charge in [0.2, 0.25) is 0 Å². The van der Waals surface area contributed by atoms with Crippen LogP contribution in [0.3, 0.4) is 0 Å². The molecule has 1 aromatic carbocycles. The average molecular weight is 245 g/mol. The van der Waals surface area contributed by atoms with Crippen LogP contribution in [-0.2, 0) is 0 Å². The number of anilines is 1. The Morgan fingerprint density at radius 1 is 1.35 bits per heavy atom. The van der Waals surface area contributed by atoms with E-state index in [-0.39, 0.29) is 24.0 Å². The van der Waals surface area contributed by atoms with Crippen LogP contribution in [0.1, 0.15) is 6.92 Å². The normalized spacial score (nSPS) is 17.9. The van der Waals surface area contributed by atoms with E-state index in [1.165, 1.54) is 12.1 Å². The summed E-state index contributed by atoms with van der Waals surface area (Å²) in [5.41, 5.74) is 0.644. The first-order valence-corrected chi connectivity index (χ1v) is 5.25. The second kappa shape index (κ2) is 4.37. The van der Waals surface area contributed by atoms with E-state index in [9.17, 15) is 8.78 Å². The van der Waals surface area contributed by atoms with Crippen LogP contribution in [0, 0.1) is 5.92 Å². The first-order valence-electron chi connectivity index (χ1n) is 5.25. The van der Waals surface area contributed by atoms with Crippen molar-refractivity contribution in [3.05, 3.63) is 18.2 Å². The van der Waals surface area contributed by atoms with Crippen LogP contribution in [0.15, 0.2) is 18.2 Å². The summed E-state index contributed by atoms with van der Waals surface area (Å²) in [6.07, 6.45) is -3.58. The smallest absolute Gasteiger partial charge is 0.396 e. The molecule has 1 unspecified atom stereocenters. The molecular formula is C11H13F2NO3. The molecule has 1 aliphatic rings. The van der Waals surface area contributed by atoms with Gasteiger partial charge in [0.15, 0.2) is 11.5 Å². The SMILES string of the molecule is CC(CO)CNc1ccc2c(c1)OC(F)(F)O2. The quantitative estimate of drug-likeness (QED) is 0.852. The van der Waals surface area contributed by atoms with E-state index in [4.69, 9.17) is 5.11 Å². The van der Waals surface area contributed by atoms with Crippen molar-refractivity contribution in [3.63, 3.8) is 0 Å². The summed E-state index contributed by atoms with van der Waals surface area (Å²) in [5.74, 6) is 0.120. The van der Waals surface area contributed by atoms with Crippen molar-refractivity contribution in [1.29, 1.82) is 0 Å². The number of alkyl halides is 2. The topological polar surface area (TPSA) is 50.7 Å². The lowest BCUT2D eigenvalue weighted by Crippen LogP contribution is -2.25. The molecule has 1 aliphatic heterocycles. The van der Waals surface area contributed by atoms with Gasteiger partial charge in [-0.25, -0.2) is 0 Å². The molecule has 0 amide bonds. The molecule has 1 atom stereocenters. The van der Waals surface area contributed by atoms with Gasteiger partial charge in [0.05, 0.1) is 0 Å². The van der Waals surface area contributed by atoms with Crippen molar-refractivity contribution in [2.45, 2.75) is 13.2 Å². The van der Waals surface area contributed by atoms with Crippen molar-refractivity contribution < 1.29 is 23.4 Å². The maximum absolute atomic E-state index is 12.7. The molecular weight excluding hydrogens is 232 g/mol. The highest BCUT2D eigenvalue weighted by molar-refractivity contribution is 5.55. The van der Waals surface area contributed by atoms with Gasteiger partial charge >= 0.3 is 6.29 Å². The van der Waals surface area contributed by atoms with Crippen LogP contribution in [0.4, 0.5) is 14.5 Å². The molecule has 0 saturated carbocycles. The molecule has 0 aromatic heterocycles. The van der Waals surface area contributed by atoms with Gasteiger partial charge in [0, 0.05) is 24.9 Å². The Bertz CT molecular complexity index is 412. The van der Waals surface area contributed by atoms with Gasteiger partial charge < -0.3 is 19.9 Å². The summed E-state index contributed by atoms with van der Waals surface area (Å²) in [4.78, 5) is 0. The van der Waals surface area contributed by atoms with Crippen molar-refractivity contribution in [1.82, 2.24) is 0 Å². The van der Waals surface area contributed by atoms with Crippen LogP contribution in [0.2, 0.25) is 0 Å². The van der Waals surface area contributed by atoms with Crippen LogP contribution < -0.4 is 14.8 Å². The highest BCUT2D eigenvalue weighted by atomic mass is 19.3. The maximum Gasteiger partial charge on any atom is 0.586 e. The highest BCUT2D eigenvalue weighted by Crippen LogP contribution is 2.42. The average Bonchev–Trinajstić information content (AvgIpc) is 2.58. The number of hydrogen-bond donors (Lipinski definition) is 2. The fraction of sp³-hybridized carbons (Fsp3) is 0.455. The highest BCUT2D eigenvalue weighted by Gasteiger charge is 2.43. The number of benzene rings is 1. The number of aliphatic hydroxyl groups excluding tert-OH is 1. The van der Waals surface area contributed by atoms with Crippen molar-refractivity contribution >= 4 is 5.69 Å². The molecule has 6 heteroatoms. The first kappa shape index (κ1) is 11.9. The summed E-state index contributed by atoms with van der Waals surface area (Å²) >= 11 is 0. The second-order valence-electron chi connectivity index (χ2n) is 4.00. The number of rotatable bonds is 4. The van der Waals surface area contributed by atoms with Gasteiger partial charge in [0.1, 0.15) is 0 Å². The van der Waals surface area contributed by atoms with Crippen molar-refractivity contribution in [2.24, 2.45) is 5.92 Å². The molecule has 0 aliphatic carbocycles. The lowest BCUT2D eigenvalue weighted by atomic mass is 10.2. The summed E-state index contributed by atoms with van der Waals surface area (Å²) in [6.45, 7) is 2.48. The van der Waals surface area contributed by atoms with Crippen LogP contribution in [0.25, 0.3) is 0 Å². The summed E-state index contributed by atoms with van der Waals surface area (Å²) in [6, 6.07) is 4.48. The predicted molar refractivity (Wildman–Crippen MR) is 57.4 cm³/mol. The largest absolute Gasteiger partial charge is 0.586 e. The molecule has 4 nitrogen and oxygen atoms in total. The molecule has 0 radical (unpaired) electrons. The second-order valence-corrected chi connectivity index (χ2v) is 4.00. The van der Waals surface area contributed by atoms with E-state index < -0.39 is 6.29 Å². The zero-order valence-electron chi connectivity index (χ0n) is 9.24. The van der Waals surface area contributed by atoms with Gasteiger partial charge in [-0.05, 0) is 18.1 Å². The van der Waals surface area contributed by atoms with Gasteiger partial charge in [-0.2, -0.15) is 0 Å². The Kier molecular flexibility index (Phi) is 3.06. The van der Waals surface area contributed by atoms with Gasteiger partial charge in [-0.3, -0.25) is 0 Å². The summed E-state index contributed by atoms with van der Waals surface area (Å²) < 4.78 is 34.1. The summed E-state index contributed by atoms with van der Waals surface area (Å²) in [7, 11) is 0. The van der Waals surface area contributed by atoms with E-state index in [0.717, 1.165) is 0 Å². The Morgan fingerprint density at radius 3 is 2.76 bits per heavy atom. The molecule has 2 rings (SSSR count). The van der Waals surface area contributed by atoms with Crippen molar-refractivity contribution in [3.8, 4) is 11.5 Å². The molecule has 94 valence electrons. The number of ether oxygens (including phenoxy) is 2. The number of halogens is 2. The first-order chi connectivity index (χ1) is 8.00. The van der Waals surface area contributed by atoms with Gasteiger partial charge in [-0.15, -0.1) is 8.78 Å². The zero-order chi connectivity index (χ0) is 12.5. The van der Waals surface area contributed by atoms with Gasteiger partial charge in [0.25, 0.3) is 0 Å². The summed E-state index contributed by atoms with van der Waals surface area (Å²) in [5, 5.41) is 11.9. The Labute approximate surface area is 97.2 Å². The molecule has 0 fully saturated rings. The third-order valence-electron chi connectivity index (χ3n) is 2.37. The van der Waals surface area contributed by atoms with E-state index >= 15 is 0 Å². The van der Waals surface area contributed by atoms with Gasteiger partial charge in [-0.1, -0.05) is 6.92 Å². The Morgan fingerprint density at radius 2 is 2.06 bits per heavy atom. The molecule has 0 bridgehead atoms. The van der Waals surface area contributed by atoms with E-state index in [1.54, 1.807) is 6.07 Å². The van der Waals surface area contributed by atoms with E-state index in [2.05, 4.69) is 14.8 Å². The molecule has 1 heterocycles. The molecule has 0 spiro atoms. The standard InChI is InChI=1S/C11H13F2NO3/c1-7(6-15)5-14-8-2-3-9-10(4-8)17-11(12,13)16-9/h2-4,7,14-15H,5-6H2,1H3. The van der Waals surface area contributed by atoms with Crippen molar-refractivity contribution in [2.75, 3.05) is 18.5 Å². The Hall–Kier alpha value is -1.56. The number of fused-ring (bicyclic) bond motifs is 1. The minimum absolute atomic E-state index is 0.0108. The fourth-order valence-electron chi connectivity index (χ4n) is 1.42. The zero-order valence-corrected chi connectivity index (χ0v) is 9.24. The van der Waals surface area contributed by atoms with Crippen LogP contribution >= 0.6 is 0 Å². The Balaban J connectivity index is 2.04. The molecule has 1 aromatic rings. The van der Waals surface area contributed by atoms with E-state index in [1.807, 2.05) is 6.92 Å². The van der Waals surface area contributed by atoms with Crippen LogP contribution in [0.5, 0.6) is 11.5 Å². The number of nitrogens with one attached hydrogen (secondary N) is 1. The third kappa shape index (κ3) is 2.76. The minimum atomic E-state index is -3.58.